The molecule has 0 aliphatic rings. The van der Waals surface area contributed by atoms with Gasteiger partial charge in [0.05, 0.1) is 22.9 Å². The molecule has 0 spiro atoms. The monoisotopic (exact) mass is 360 g/mol. The van der Waals surface area contributed by atoms with Crippen molar-refractivity contribution in [3.63, 3.8) is 0 Å². The maximum absolute atomic E-state index is 13.7. The summed E-state index contributed by atoms with van der Waals surface area (Å²) in [6.07, 6.45) is 3.31. The van der Waals surface area contributed by atoms with Gasteiger partial charge in [-0.1, -0.05) is 6.07 Å². The van der Waals surface area contributed by atoms with Crippen molar-refractivity contribution in [3.05, 3.63) is 72.4 Å². The van der Waals surface area contributed by atoms with Gasteiger partial charge in [0.15, 0.2) is 0 Å². The van der Waals surface area contributed by atoms with Crippen molar-refractivity contribution in [3.8, 4) is 11.3 Å². The van der Waals surface area contributed by atoms with Crippen molar-refractivity contribution >= 4 is 22.7 Å². The smallest absolute Gasteiger partial charge is 0.221 e. The predicted octanol–water partition coefficient (Wildman–Crippen LogP) is 3.98. The molecule has 3 N–H and O–H groups in total. The van der Waals surface area contributed by atoms with Gasteiger partial charge in [0.25, 0.3) is 0 Å². The van der Waals surface area contributed by atoms with E-state index in [2.05, 4.69) is 20.3 Å². The van der Waals surface area contributed by atoms with Crippen molar-refractivity contribution in [2.75, 3.05) is 11.1 Å². The number of nitrogens with one attached hydrogen (secondary N) is 1. The lowest BCUT2D eigenvalue weighted by Gasteiger charge is -2.18. The van der Waals surface area contributed by atoms with Crippen LogP contribution < -0.4 is 11.1 Å². The van der Waals surface area contributed by atoms with E-state index >= 15 is 0 Å². The van der Waals surface area contributed by atoms with Crippen LogP contribution in [0, 0.1) is 5.82 Å². The summed E-state index contributed by atoms with van der Waals surface area (Å²) < 4.78 is 13.7. The number of nitrogen functional groups attached to an aromatic ring is 1. The summed E-state index contributed by atoms with van der Waals surface area (Å²) in [5, 5.41) is 4.01. The standard InChI is InChI=1S/C20H17FN6/c1-12(25-18-7-9-24-20(22)27-18)19-15(17-4-2-3-8-23-17)11-13-10-14(21)5-6-16(13)26-19/h2-12H,1H3,(H3,22,24,25,27)/t12-/m1/s1. The number of fused-ring (bicyclic) bond motifs is 1. The Bertz CT molecular complexity index is 1100. The molecule has 7 heteroatoms. The molecule has 3 aromatic heterocycles. The molecule has 0 radical (unpaired) electrons. The van der Waals surface area contributed by atoms with Gasteiger partial charge >= 0.3 is 0 Å². The number of anilines is 2. The van der Waals surface area contributed by atoms with Gasteiger partial charge in [-0.25, -0.2) is 14.4 Å². The van der Waals surface area contributed by atoms with Gasteiger partial charge in [0, 0.05) is 23.3 Å². The van der Waals surface area contributed by atoms with Gasteiger partial charge in [-0.2, -0.15) is 4.98 Å². The topological polar surface area (TPSA) is 89.6 Å². The molecule has 1 aromatic carbocycles. The lowest BCUT2D eigenvalue weighted by Crippen LogP contribution is -2.12. The highest BCUT2D eigenvalue weighted by Crippen LogP contribution is 2.30. The minimum Gasteiger partial charge on any atom is -0.368 e. The number of aromatic nitrogens is 4. The first-order chi connectivity index (χ1) is 13.1. The predicted molar refractivity (Wildman–Crippen MR) is 103 cm³/mol. The van der Waals surface area contributed by atoms with Crippen molar-refractivity contribution in [1.82, 2.24) is 19.9 Å². The van der Waals surface area contributed by atoms with E-state index < -0.39 is 0 Å². The number of hydrogen-bond acceptors (Lipinski definition) is 6. The summed E-state index contributed by atoms with van der Waals surface area (Å²) in [7, 11) is 0. The van der Waals surface area contributed by atoms with Crippen LogP contribution in [0.25, 0.3) is 22.2 Å². The Kier molecular flexibility index (Phi) is 4.33. The number of nitrogens with two attached hydrogens (primary N) is 1. The number of halogens is 1. The second kappa shape index (κ2) is 6.95. The van der Waals surface area contributed by atoms with Crippen LogP contribution in [0.1, 0.15) is 18.7 Å². The molecule has 4 rings (SSSR count). The number of nitrogens with zero attached hydrogens (tertiary/aromatic N) is 4. The van der Waals surface area contributed by atoms with E-state index in [1.54, 1.807) is 24.5 Å². The molecule has 0 aliphatic carbocycles. The lowest BCUT2D eigenvalue weighted by atomic mass is 10.0. The highest BCUT2D eigenvalue weighted by atomic mass is 19.1. The van der Waals surface area contributed by atoms with Crippen molar-refractivity contribution < 1.29 is 4.39 Å². The summed E-state index contributed by atoms with van der Waals surface area (Å²) in [6.45, 7) is 1.97. The first kappa shape index (κ1) is 16.8. The molecule has 0 saturated carbocycles. The van der Waals surface area contributed by atoms with Gasteiger partial charge in [-0.05, 0) is 49.4 Å². The maximum atomic E-state index is 13.7. The molecule has 6 nitrogen and oxygen atoms in total. The van der Waals surface area contributed by atoms with E-state index in [9.17, 15) is 4.39 Å². The zero-order chi connectivity index (χ0) is 18.8. The highest BCUT2D eigenvalue weighted by molar-refractivity contribution is 5.84. The van der Waals surface area contributed by atoms with E-state index in [1.165, 1.54) is 12.1 Å². The normalized spacial score (nSPS) is 12.1. The van der Waals surface area contributed by atoms with Crippen molar-refractivity contribution in [1.29, 1.82) is 0 Å². The highest BCUT2D eigenvalue weighted by Gasteiger charge is 2.17. The Balaban J connectivity index is 1.83. The number of pyridine rings is 2. The molecule has 4 aromatic rings. The fourth-order valence-corrected chi connectivity index (χ4v) is 2.96. The third-order valence-electron chi connectivity index (χ3n) is 4.20. The van der Waals surface area contributed by atoms with Crippen LogP contribution in [-0.4, -0.2) is 19.9 Å². The van der Waals surface area contributed by atoms with E-state index in [-0.39, 0.29) is 17.8 Å². The molecule has 0 unspecified atom stereocenters. The third kappa shape index (κ3) is 3.52. The first-order valence-electron chi connectivity index (χ1n) is 8.47. The number of benzene rings is 1. The van der Waals surface area contributed by atoms with Crippen LogP contribution in [0.3, 0.4) is 0 Å². The molecule has 0 saturated heterocycles. The molecule has 0 amide bonds. The van der Waals surface area contributed by atoms with Gasteiger partial charge in [-0.3, -0.25) is 4.98 Å². The van der Waals surface area contributed by atoms with Gasteiger partial charge < -0.3 is 11.1 Å². The van der Waals surface area contributed by atoms with Gasteiger partial charge in [-0.15, -0.1) is 0 Å². The van der Waals surface area contributed by atoms with Crippen LogP contribution in [-0.2, 0) is 0 Å². The van der Waals surface area contributed by atoms with Crippen molar-refractivity contribution in [2.24, 2.45) is 0 Å². The zero-order valence-corrected chi connectivity index (χ0v) is 14.6. The van der Waals surface area contributed by atoms with Crippen LogP contribution >= 0.6 is 0 Å². The third-order valence-corrected chi connectivity index (χ3v) is 4.20. The molecule has 27 heavy (non-hydrogen) atoms. The fraction of sp³-hybridized carbons (Fsp3) is 0.100. The first-order valence-corrected chi connectivity index (χ1v) is 8.47. The minimum absolute atomic E-state index is 0.189. The quantitative estimate of drug-likeness (QED) is 0.572. The Morgan fingerprint density at radius 1 is 1.00 bits per heavy atom. The summed E-state index contributed by atoms with van der Waals surface area (Å²) in [6, 6.07) is 13.7. The molecule has 1 atom stereocenters. The Morgan fingerprint density at radius 2 is 1.89 bits per heavy atom. The second-order valence-corrected chi connectivity index (χ2v) is 6.14. The van der Waals surface area contributed by atoms with Crippen LogP contribution in [0.2, 0.25) is 0 Å². The maximum Gasteiger partial charge on any atom is 0.221 e. The van der Waals surface area contributed by atoms with E-state index in [0.29, 0.717) is 11.3 Å². The largest absolute Gasteiger partial charge is 0.368 e. The molecule has 0 aliphatic heterocycles. The average Bonchev–Trinajstić information content (AvgIpc) is 2.67. The van der Waals surface area contributed by atoms with E-state index in [4.69, 9.17) is 10.7 Å². The Labute approximate surface area is 155 Å². The fourth-order valence-electron chi connectivity index (χ4n) is 2.96. The molecule has 3 heterocycles. The van der Waals surface area contributed by atoms with E-state index in [0.717, 1.165) is 22.3 Å². The summed E-state index contributed by atoms with van der Waals surface area (Å²) in [5.74, 6) is 0.494. The zero-order valence-electron chi connectivity index (χ0n) is 14.6. The summed E-state index contributed by atoms with van der Waals surface area (Å²) in [5.41, 5.74) is 8.75. The molecular weight excluding hydrogens is 343 g/mol. The van der Waals surface area contributed by atoms with Crippen LogP contribution in [0.4, 0.5) is 16.2 Å². The van der Waals surface area contributed by atoms with Gasteiger partial charge in [0.2, 0.25) is 5.95 Å². The Morgan fingerprint density at radius 3 is 2.67 bits per heavy atom. The SMILES string of the molecule is C[C@@H](Nc1ccnc(N)n1)c1nc2ccc(F)cc2cc1-c1ccccn1. The van der Waals surface area contributed by atoms with Gasteiger partial charge in [0.1, 0.15) is 11.6 Å². The lowest BCUT2D eigenvalue weighted by molar-refractivity contribution is 0.629. The second-order valence-electron chi connectivity index (χ2n) is 6.14. The summed E-state index contributed by atoms with van der Waals surface area (Å²) in [4.78, 5) is 17.3. The molecular formula is C20H17FN6. The van der Waals surface area contributed by atoms with Crippen LogP contribution in [0.15, 0.2) is 60.9 Å². The number of hydrogen-bond donors (Lipinski definition) is 2. The molecule has 0 fully saturated rings. The number of rotatable bonds is 4. The summed E-state index contributed by atoms with van der Waals surface area (Å²) >= 11 is 0. The molecule has 134 valence electrons. The van der Waals surface area contributed by atoms with Crippen LogP contribution in [0.5, 0.6) is 0 Å². The Hall–Kier alpha value is -3.61. The minimum atomic E-state index is -0.299. The van der Waals surface area contributed by atoms with Crippen molar-refractivity contribution in [2.45, 2.75) is 13.0 Å². The van der Waals surface area contributed by atoms with E-state index in [1.807, 2.05) is 31.2 Å². The average molecular weight is 360 g/mol. The molecule has 0 bridgehead atoms.